The summed E-state index contributed by atoms with van der Waals surface area (Å²) in [5.74, 6) is 0. The molecule has 0 aliphatic heterocycles. The predicted molar refractivity (Wildman–Crippen MR) is 66.8 cm³/mol. The van der Waals surface area contributed by atoms with Gasteiger partial charge in [0.2, 0.25) is 0 Å². The predicted octanol–water partition coefficient (Wildman–Crippen LogP) is 5.71. The SMILES string of the molecule is [2H]C(C)C([2H])([2H])C([2H])([2H])C([2H])([2H])C([2H])([2H])C([2H])([2H])C([2H])([2H])C([2H])([2H])C([2H])([2H])C([2H])([2H])C([2H])([2H])C([2H])([2H])C([2H])([2H])[2H]. The first-order chi connectivity index (χ1) is 16.7. The van der Waals surface area contributed by atoms with Crippen LogP contribution in [0.2, 0.25) is 0 Å². The summed E-state index contributed by atoms with van der Waals surface area (Å²) >= 11 is 0. The van der Waals surface area contributed by atoms with Gasteiger partial charge >= 0.3 is 0 Å². The minimum atomic E-state index is -4.80. The van der Waals surface area contributed by atoms with Gasteiger partial charge in [0.25, 0.3) is 0 Å². The van der Waals surface area contributed by atoms with E-state index in [-0.39, 0.29) is 0 Å². The van der Waals surface area contributed by atoms with Crippen LogP contribution in [0.3, 0.4) is 0 Å². The number of hydrogen-bond donors (Lipinski definition) is 0. The van der Waals surface area contributed by atoms with Crippen LogP contribution in [0.4, 0.5) is 0 Å². The van der Waals surface area contributed by atoms with Gasteiger partial charge in [0.1, 0.15) is 0 Å². The number of rotatable bonds is 11. The molecule has 1 atom stereocenters. The van der Waals surface area contributed by atoms with Gasteiger partial charge in [-0.3, -0.25) is 0 Å². The lowest BCUT2D eigenvalue weighted by Gasteiger charge is -2.01. The van der Waals surface area contributed by atoms with Crippen LogP contribution in [-0.2, 0) is 0 Å². The van der Waals surface area contributed by atoms with Crippen LogP contribution in [-0.4, -0.2) is 0 Å². The highest BCUT2D eigenvalue weighted by atomic mass is 14.0. The Morgan fingerprint density at radius 2 is 1.14 bits per heavy atom. The average molecular weight is 225 g/mol. The Bertz CT molecular complexity index is 916. The van der Waals surface area contributed by atoms with Gasteiger partial charge in [-0.25, -0.2) is 0 Å². The molecule has 86 valence electrons. The van der Waals surface area contributed by atoms with Crippen molar-refractivity contribution in [2.75, 3.05) is 0 Å². The first kappa shape index (κ1) is 1.56. The first-order valence-electron chi connectivity index (χ1n) is 16.7. The Labute approximate surface area is 128 Å². The van der Waals surface area contributed by atoms with Crippen molar-refractivity contribution >= 4 is 0 Å². The molecule has 0 aromatic heterocycles. The second kappa shape index (κ2) is 13.0. The van der Waals surface area contributed by atoms with E-state index in [9.17, 15) is 0 Å². The largest absolute Gasteiger partial charge is 0.0654 e. The van der Waals surface area contributed by atoms with E-state index in [4.69, 9.17) is 35.6 Å². The summed E-state index contributed by atoms with van der Waals surface area (Å²) < 4.78 is 203. The molecule has 0 aliphatic rings. The van der Waals surface area contributed by atoms with Gasteiger partial charge < -0.3 is 0 Å². The van der Waals surface area contributed by atoms with E-state index in [1.54, 1.807) is 0 Å². The van der Waals surface area contributed by atoms with E-state index in [2.05, 4.69) is 0 Å². The molecule has 0 aromatic carbocycles. The molecule has 0 rings (SSSR count). The van der Waals surface area contributed by atoms with Crippen LogP contribution in [0.1, 0.15) is 126 Å². The molecule has 0 bridgehead atoms. The molecule has 0 aromatic rings. The smallest absolute Gasteiger partial charge is 0.0267 e. The van der Waals surface area contributed by atoms with Crippen molar-refractivity contribution in [3.63, 3.8) is 0 Å². The Morgan fingerprint density at radius 3 is 1.57 bits per heavy atom. The van der Waals surface area contributed by atoms with Gasteiger partial charge in [-0.05, 0) is 0 Å². The molecular formula is C14H30. The molecule has 0 radical (unpaired) electrons. The molecule has 0 spiro atoms. The maximum absolute atomic E-state index is 8.05. The highest BCUT2D eigenvalue weighted by molar-refractivity contribution is 4.47. The summed E-state index contributed by atoms with van der Waals surface area (Å²) in [4.78, 5) is 0. The highest BCUT2D eigenvalue weighted by Gasteiger charge is 1.91. The van der Waals surface area contributed by atoms with Crippen LogP contribution in [0, 0.1) is 0 Å². The van der Waals surface area contributed by atoms with Crippen molar-refractivity contribution in [1.82, 2.24) is 0 Å². The summed E-state index contributed by atoms with van der Waals surface area (Å²) in [6, 6.07) is 0. The summed E-state index contributed by atoms with van der Waals surface area (Å²) in [6.45, 7) is -3.24. The molecule has 0 saturated carbocycles. The average Bonchev–Trinajstić information content (AvgIpc) is 2.71. The summed E-state index contributed by atoms with van der Waals surface area (Å²) in [5, 5.41) is 0. The maximum atomic E-state index is 8.05. The zero-order valence-electron chi connectivity index (χ0n) is 33.6. The molecule has 0 aliphatic carbocycles. The zero-order valence-corrected chi connectivity index (χ0v) is 7.58. The van der Waals surface area contributed by atoms with Crippen LogP contribution in [0.25, 0.3) is 0 Å². The van der Waals surface area contributed by atoms with Gasteiger partial charge in [0.15, 0.2) is 0 Å². The number of hydrogen-bond acceptors (Lipinski definition) is 0. The Balaban J connectivity index is 7.35. The molecule has 0 amide bonds. The topological polar surface area (TPSA) is 0 Å². The second-order valence-corrected chi connectivity index (χ2v) is 1.68. The minimum absolute atomic E-state index is 0.749. The zero-order chi connectivity index (χ0) is 33.6. The lowest BCUT2D eigenvalue weighted by molar-refractivity contribution is 0.548. The van der Waals surface area contributed by atoms with Crippen molar-refractivity contribution in [3.8, 4) is 0 Å². The Morgan fingerprint density at radius 1 is 0.714 bits per heavy atom. The summed E-state index contributed by atoms with van der Waals surface area (Å²) in [5.41, 5.74) is 0. The standard InChI is InChI=1S/C14H30/c1-3-5-7-9-11-13-14-12-10-8-6-4-2/h3-14H2,1-2H3/i1D3,3D2,4D,5D2,6D2,7D2,8D2,9D2,10D2,11D2,12D2,13D2,14D2. The molecular weight excluding hydrogens is 168 g/mol. The van der Waals surface area contributed by atoms with E-state index >= 15 is 0 Å². The lowest BCUT2D eigenvalue weighted by atomic mass is 10.1. The Kier molecular flexibility index (Phi) is 1.44. The summed E-state index contributed by atoms with van der Waals surface area (Å²) in [7, 11) is 0. The van der Waals surface area contributed by atoms with Crippen molar-refractivity contribution in [2.24, 2.45) is 0 Å². The molecule has 0 N–H and O–H groups in total. The third-order valence-corrected chi connectivity index (χ3v) is 0.779. The van der Waals surface area contributed by atoms with Crippen LogP contribution in [0.5, 0.6) is 0 Å². The van der Waals surface area contributed by atoms with Crippen molar-refractivity contribution in [1.29, 1.82) is 0 Å². The van der Waals surface area contributed by atoms with Gasteiger partial charge in [-0.1, -0.05) is 90.3 Å². The third kappa shape index (κ3) is 12.0. The van der Waals surface area contributed by atoms with Gasteiger partial charge in [-0.2, -0.15) is 0 Å². The monoisotopic (exact) mass is 224 g/mol. The van der Waals surface area contributed by atoms with Gasteiger partial charge in [0, 0.05) is 35.6 Å². The second-order valence-electron chi connectivity index (χ2n) is 1.68. The van der Waals surface area contributed by atoms with Crippen molar-refractivity contribution in [3.05, 3.63) is 0 Å². The van der Waals surface area contributed by atoms with Crippen molar-refractivity contribution in [2.45, 2.75) is 90.3 Å². The third-order valence-electron chi connectivity index (χ3n) is 0.779. The molecule has 0 heteroatoms. The van der Waals surface area contributed by atoms with E-state index in [0.29, 0.717) is 0 Å². The fourth-order valence-corrected chi connectivity index (χ4v) is 0.358. The van der Waals surface area contributed by atoms with Crippen LogP contribution >= 0.6 is 0 Å². The van der Waals surface area contributed by atoms with E-state index in [1.165, 1.54) is 0 Å². The molecule has 0 saturated heterocycles. The van der Waals surface area contributed by atoms with Crippen LogP contribution < -0.4 is 0 Å². The molecule has 0 heterocycles. The van der Waals surface area contributed by atoms with Gasteiger partial charge in [0.05, 0.1) is 0 Å². The lowest BCUT2D eigenvalue weighted by Crippen LogP contribution is -1.81. The molecule has 14 heavy (non-hydrogen) atoms. The van der Waals surface area contributed by atoms with E-state index in [0.717, 1.165) is 6.92 Å². The minimum Gasteiger partial charge on any atom is -0.0654 e. The van der Waals surface area contributed by atoms with Crippen LogP contribution in [0.15, 0.2) is 0 Å². The molecule has 0 nitrogen and oxygen atoms in total. The fourth-order valence-electron chi connectivity index (χ4n) is 0.358. The molecule has 0 fully saturated rings. The maximum Gasteiger partial charge on any atom is 0.0267 e. The quantitative estimate of drug-likeness (QED) is 0.422. The Hall–Kier alpha value is 0. The first-order valence-corrected chi connectivity index (χ1v) is 3.62. The summed E-state index contributed by atoms with van der Waals surface area (Å²) in [6.07, 6.45) is -51.5. The van der Waals surface area contributed by atoms with E-state index in [1.807, 2.05) is 0 Å². The highest BCUT2D eigenvalue weighted by Crippen LogP contribution is 2.11. The van der Waals surface area contributed by atoms with Gasteiger partial charge in [-0.15, -0.1) is 0 Å². The molecule has 1 unspecified atom stereocenters. The fraction of sp³-hybridized carbons (Fsp3) is 1.00. The van der Waals surface area contributed by atoms with Crippen molar-refractivity contribution < 1.29 is 35.6 Å². The van der Waals surface area contributed by atoms with E-state index < -0.39 is 83.4 Å². The normalized spacial score (nSPS) is 52.6.